The van der Waals surface area contributed by atoms with Crippen molar-refractivity contribution in [3.05, 3.63) is 53.7 Å². The predicted octanol–water partition coefficient (Wildman–Crippen LogP) is 3.62. The highest BCUT2D eigenvalue weighted by molar-refractivity contribution is 5.74. The van der Waals surface area contributed by atoms with Gasteiger partial charge in [0.25, 0.3) is 0 Å². The van der Waals surface area contributed by atoms with Crippen LogP contribution in [0.2, 0.25) is 0 Å². The molecule has 2 aromatic carbocycles. The molecule has 0 spiro atoms. The first-order chi connectivity index (χ1) is 9.63. The maximum Gasteiger partial charge on any atom is 0.241 e. The smallest absolute Gasteiger partial charge is 0.241 e. The Balaban J connectivity index is 2.01. The first kappa shape index (κ1) is 12.4. The maximum atomic E-state index is 5.82. The molecule has 3 aromatic rings. The van der Waals surface area contributed by atoms with Gasteiger partial charge in [0.15, 0.2) is 0 Å². The van der Waals surface area contributed by atoms with Crippen LogP contribution < -0.4 is 10.5 Å². The molecule has 2 N–H and O–H groups in total. The van der Waals surface area contributed by atoms with E-state index in [1.807, 2.05) is 56.3 Å². The van der Waals surface area contributed by atoms with Crippen LogP contribution in [0.1, 0.15) is 11.3 Å². The lowest BCUT2D eigenvalue weighted by Crippen LogP contribution is -1.96. The van der Waals surface area contributed by atoms with Gasteiger partial charge in [0, 0.05) is 5.69 Å². The minimum atomic E-state index is 0.521. The second-order valence-corrected chi connectivity index (χ2v) is 4.72. The van der Waals surface area contributed by atoms with Crippen molar-refractivity contribution in [3.63, 3.8) is 0 Å². The second-order valence-electron chi connectivity index (χ2n) is 4.72. The molecule has 0 saturated heterocycles. The maximum absolute atomic E-state index is 5.82. The minimum absolute atomic E-state index is 0.521. The fraction of sp³-hybridized carbons (Fsp3) is 0.125. The average molecular weight is 265 g/mol. The molecule has 4 heteroatoms. The van der Waals surface area contributed by atoms with E-state index in [1.165, 1.54) is 0 Å². The van der Waals surface area contributed by atoms with Gasteiger partial charge in [-0.15, -0.1) is 0 Å². The molecule has 4 nitrogen and oxygen atoms in total. The van der Waals surface area contributed by atoms with Crippen LogP contribution in [0, 0.1) is 13.8 Å². The molecule has 0 unspecified atom stereocenters. The number of nitrogens with zero attached hydrogens (tertiary/aromatic N) is 2. The van der Waals surface area contributed by atoms with Crippen molar-refractivity contribution < 1.29 is 4.74 Å². The van der Waals surface area contributed by atoms with Crippen molar-refractivity contribution in [1.29, 1.82) is 0 Å². The standard InChI is InChI=1S/C16H15N3O/c1-10-9-12(7-8-13(10)17)20-16-11(2)18-14-5-3-4-6-15(14)19-16/h3-9H,17H2,1-2H3. The highest BCUT2D eigenvalue weighted by Gasteiger charge is 2.08. The fourth-order valence-corrected chi connectivity index (χ4v) is 1.99. The summed E-state index contributed by atoms with van der Waals surface area (Å²) in [7, 11) is 0. The summed E-state index contributed by atoms with van der Waals surface area (Å²) >= 11 is 0. The van der Waals surface area contributed by atoms with Crippen molar-refractivity contribution in [2.75, 3.05) is 5.73 Å². The average Bonchev–Trinajstić information content (AvgIpc) is 2.44. The Labute approximate surface area is 117 Å². The zero-order valence-electron chi connectivity index (χ0n) is 11.4. The summed E-state index contributed by atoms with van der Waals surface area (Å²) in [6.07, 6.45) is 0. The number of hydrogen-bond donors (Lipinski definition) is 1. The first-order valence-corrected chi connectivity index (χ1v) is 6.41. The van der Waals surface area contributed by atoms with E-state index in [9.17, 15) is 0 Å². The Bertz CT molecular complexity index is 784. The Morgan fingerprint density at radius 1 is 0.950 bits per heavy atom. The molecule has 100 valence electrons. The third-order valence-corrected chi connectivity index (χ3v) is 3.16. The summed E-state index contributed by atoms with van der Waals surface area (Å²) in [5.41, 5.74) is 9.98. The van der Waals surface area contributed by atoms with Gasteiger partial charge >= 0.3 is 0 Å². The van der Waals surface area contributed by atoms with Crippen molar-refractivity contribution in [3.8, 4) is 11.6 Å². The number of rotatable bonds is 2. The third kappa shape index (κ3) is 2.28. The number of aryl methyl sites for hydroxylation is 2. The molecule has 20 heavy (non-hydrogen) atoms. The van der Waals surface area contributed by atoms with E-state index >= 15 is 0 Å². The van der Waals surface area contributed by atoms with Gasteiger partial charge in [-0.3, -0.25) is 0 Å². The van der Waals surface area contributed by atoms with Gasteiger partial charge in [0.05, 0.1) is 11.0 Å². The highest BCUT2D eigenvalue weighted by atomic mass is 16.5. The number of anilines is 1. The quantitative estimate of drug-likeness (QED) is 0.719. The highest BCUT2D eigenvalue weighted by Crippen LogP contribution is 2.26. The van der Waals surface area contributed by atoms with Crippen molar-refractivity contribution in [2.24, 2.45) is 0 Å². The molecule has 1 heterocycles. The molecule has 0 aliphatic carbocycles. The van der Waals surface area contributed by atoms with E-state index < -0.39 is 0 Å². The van der Waals surface area contributed by atoms with E-state index in [-0.39, 0.29) is 0 Å². The monoisotopic (exact) mass is 265 g/mol. The van der Waals surface area contributed by atoms with Crippen molar-refractivity contribution >= 4 is 16.7 Å². The zero-order chi connectivity index (χ0) is 14.1. The lowest BCUT2D eigenvalue weighted by Gasteiger charge is -2.09. The summed E-state index contributed by atoms with van der Waals surface area (Å²) in [5.74, 6) is 1.23. The van der Waals surface area contributed by atoms with Crippen LogP contribution in [0.5, 0.6) is 11.6 Å². The third-order valence-electron chi connectivity index (χ3n) is 3.16. The lowest BCUT2D eigenvalue weighted by molar-refractivity contribution is 0.458. The Hall–Kier alpha value is -2.62. The summed E-state index contributed by atoms with van der Waals surface area (Å²) < 4.78 is 5.82. The molecule has 0 radical (unpaired) electrons. The van der Waals surface area contributed by atoms with Crippen LogP contribution in [0.3, 0.4) is 0 Å². The van der Waals surface area contributed by atoms with Crippen LogP contribution in [0.4, 0.5) is 5.69 Å². The lowest BCUT2D eigenvalue weighted by atomic mass is 10.2. The second kappa shape index (κ2) is 4.81. The molecule has 0 atom stereocenters. The van der Waals surface area contributed by atoms with E-state index in [0.29, 0.717) is 11.6 Å². The normalized spacial score (nSPS) is 10.7. The van der Waals surface area contributed by atoms with Crippen LogP contribution in [0.15, 0.2) is 42.5 Å². The number of aromatic nitrogens is 2. The van der Waals surface area contributed by atoms with Gasteiger partial charge in [-0.1, -0.05) is 12.1 Å². The number of nitrogens with two attached hydrogens (primary N) is 1. The number of fused-ring (bicyclic) bond motifs is 1. The minimum Gasteiger partial charge on any atom is -0.437 e. The van der Waals surface area contributed by atoms with Gasteiger partial charge in [-0.2, -0.15) is 0 Å². The largest absolute Gasteiger partial charge is 0.437 e. The molecule has 0 saturated carbocycles. The summed E-state index contributed by atoms with van der Waals surface area (Å²) in [6.45, 7) is 3.83. The Morgan fingerprint density at radius 3 is 2.35 bits per heavy atom. The Morgan fingerprint density at radius 2 is 1.65 bits per heavy atom. The molecule has 0 amide bonds. The molecule has 0 aliphatic rings. The van der Waals surface area contributed by atoms with Crippen LogP contribution >= 0.6 is 0 Å². The van der Waals surface area contributed by atoms with Crippen LogP contribution in [0.25, 0.3) is 11.0 Å². The van der Waals surface area contributed by atoms with Gasteiger partial charge in [-0.25, -0.2) is 9.97 Å². The summed E-state index contributed by atoms with van der Waals surface area (Å²) in [4.78, 5) is 9.01. The first-order valence-electron chi connectivity index (χ1n) is 6.41. The molecule has 0 fully saturated rings. The molecular formula is C16H15N3O. The van der Waals surface area contributed by atoms with E-state index in [4.69, 9.17) is 10.5 Å². The number of benzene rings is 2. The van der Waals surface area contributed by atoms with Crippen LogP contribution in [-0.2, 0) is 0 Å². The molecule has 1 aromatic heterocycles. The number of nitrogen functional groups attached to an aromatic ring is 1. The molecule has 3 rings (SSSR count). The van der Waals surface area contributed by atoms with Gasteiger partial charge in [0.2, 0.25) is 5.88 Å². The van der Waals surface area contributed by atoms with Crippen molar-refractivity contribution in [2.45, 2.75) is 13.8 Å². The van der Waals surface area contributed by atoms with Crippen LogP contribution in [-0.4, -0.2) is 9.97 Å². The molecule has 0 aliphatic heterocycles. The fourth-order valence-electron chi connectivity index (χ4n) is 1.99. The van der Waals surface area contributed by atoms with Gasteiger partial charge < -0.3 is 10.5 Å². The molecular weight excluding hydrogens is 250 g/mol. The SMILES string of the molecule is Cc1cc(Oc2nc3ccccc3nc2C)ccc1N. The van der Waals surface area contributed by atoms with E-state index in [0.717, 1.165) is 28.0 Å². The summed E-state index contributed by atoms with van der Waals surface area (Å²) in [6, 6.07) is 13.3. The number of ether oxygens (including phenoxy) is 1. The Kier molecular flexibility index (Phi) is 2.99. The van der Waals surface area contributed by atoms with Gasteiger partial charge in [0.1, 0.15) is 11.4 Å². The predicted molar refractivity (Wildman–Crippen MR) is 79.9 cm³/mol. The number of hydrogen-bond acceptors (Lipinski definition) is 4. The zero-order valence-corrected chi connectivity index (χ0v) is 11.4. The van der Waals surface area contributed by atoms with Gasteiger partial charge in [-0.05, 0) is 49.7 Å². The summed E-state index contributed by atoms with van der Waals surface area (Å²) in [5, 5.41) is 0. The topological polar surface area (TPSA) is 61.0 Å². The van der Waals surface area contributed by atoms with E-state index in [1.54, 1.807) is 0 Å². The van der Waals surface area contributed by atoms with E-state index in [2.05, 4.69) is 9.97 Å². The number of para-hydroxylation sites is 2. The molecule has 0 bridgehead atoms. The van der Waals surface area contributed by atoms with Crippen molar-refractivity contribution in [1.82, 2.24) is 9.97 Å².